The van der Waals surface area contributed by atoms with Crippen LogP contribution in [0.1, 0.15) is 63.6 Å². The highest BCUT2D eigenvalue weighted by Gasteiger charge is 2.64. The van der Waals surface area contributed by atoms with E-state index in [1.54, 1.807) is 18.2 Å². The summed E-state index contributed by atoms with van der Waals surface area (Å²) >= 11 is 0. The highest BCUT2D eigenvalue weighted by atomic mass is 19.4. The van der Waals surface area contributed by atoms with Gasteiger partial charge in [0.2, 0.25) is 0 Å². The summed E-state index contributed by atoms with van der Waals surface area (Å²) in [6.45, 7) is 9.14. The molecular weight excluding hydrogens is 409 g/mol. The second-order valence-electron chi connectivity index (χ2n) is 8.96. The molecule has 1 saturated carbocycles. The van der Waals surface area contributed by atoms with E-state index in [0.29, 0.717) is 17.6 Å². The number of hydrogen-bond acceptors (Lipinski definition) is 2. The van der Waals surface area contributed by atoms with Crippen molar-refractivity contribution in [1.82, 2.24) is 4.90 Å². The molecular formula is C27H35F3N2. The van der Waals surface area contributed by atoms with E-state index >= 15 is 0 Å². The van der Waals surface area contributed by atoms with Crippen LogP contribution >= 0.6 is 0 Å². The fourth-order valence-electron chi connectivity index (χ4n) is 4.28. The van der Waals surface area contributed by atoms with Crippen molar-refractivity contribution in [2.75, 3.05) is 6.54 Å². The molecule has 0 aromatic heterocycles. The van der Waals surface area contributed by atoms with Gasteiger partial charge >= 0.3 is 6.18 Å². The Morgan fingerprint density at radius 2 is 1.47 bits per heavy atom. The number of nitrogens with zero attached hydrogens (tertiary/aromatic N) is 2. The van der Waals surface area contributed by atoms with Crippen LogP contribution in [0.2, 0.25) is 0 Å². The van der Waals surface area contributed by atoms with Crippen LogP contribution < -0.4 is 0 Å². The molecule has 2 aromatic carbocycles. The largest absolute Gasteiger partial charge is 0.398 e. The minimum atomic E-state index is -4.14. The smallest absolute Gasteiger partial charge is 0.298 e. The SMILES string of the molecule is CC#N.CC(C)N(CCc1ccccc1)C(C)CCc1ccc(C2(C(F)(F)F)CC2)cc1. The Hall–Kier alpha value is -2.32. The third-order valence-corrected chi connectivity index (χ3v) is 6.38. The minimum absolute atomic E-state index is 0.220. The molecule has 0 heterocycles. The van der Waals surface area contributed by atoms with E-state index < -0.39 is 11.6 Å². The molecule has 0 amide bonds. The van der Waals surface area contributed by atoms with E-state index in [4.69, 9.17) is 5.26 Å². The van der Waals surface area contributed by atoms with E-state index in [-0.39, 0.29) is 12.8 Å². The van der Waals surface area contributed by atoms with Crippen LogP contribution in [-0.2, 0) is 18.3 Å². The molecule has 5 heteroatoms. The van der Waals surface area contributed by atoms with Gasteiger partial charge in [-0.1, -0.05) is 54.6 Å². The Balaban J connectivity index is 0.00000114. The van der Waals surface area contributed by atoms with Gasteiger partial charge in [0.05, 0.1) is 11.5 Å². The summed E-state index contributed by atoms with van der Waals surface area (Å²) in [6, 6.07) is 20.3. The van der Waals surface area contributed by atoms with Gasteiger partial charge in [-0.2, -0.15) is 18.4 Å². The van der Waals surface area contributed by atoms with E-state index in [2.05, 4.69) is 49.9 Å². The lowest BCUT2D eigenvalue weighted by Crippen LogP contribution is -2.40. The summed E-state index contributed by atoms with van der Waals surface area (Å²) < 4.78 is 39.9. The molecule has 0 aliphatic heterocycles. The normalized spacial score (nSPS) is 15.6. The summed E-state index contributed by atoms with van der Waals surface area (Å²) in [6.07, 6.45) is -0.793. The van der Waals surface area contributed by atoms with Gasteiger partial charge in [0.15, 0.2) is 0 Å². The first-order chi connectivity index (χ1) is 15.1. The standard InChI is InChI=1S/C25H32F3N.C2H3N/c1-19(2)29(18-15-21-7-5-4-6-8-21)20(3)9-10-22-11-13-23(14-12-22)24(16-17-24)25(26,27)28;1-2-3/h4-8,11-14,19-20H,9-10,15-18H2,1-3H3;1H3. The van der Waals surface area contributed by atoms with Crippen LogP contribution in [0.15, 0.2) is 54.6 Å². The zero-order valence-corrected chi connectivity index (χ0v) is 19.6. The Bertz CT molecular complexity index is 847. The van der Waals surface area contributed by atoms with Gasteiger partial charge in [-0.05, 0) is 69.6 Å². The average molecular weight is 445 g/mol. The predicted molar refractivity (Wildman–Crippen MR) is 124 cm³/mol. The molecule has 0 bridgehead atoms. The Kier molecular flexibility index (Phi) is 9.33. The van der Waals surface area contributed by atoms with Gasteiger partial charge in [0, 0.05) is 25.6 Å². The van der Waals surface area contributed by atoms with Gasteiger partial charge in [-0.25, -0.2) is 0 Å². The van der Waals surface area contributed by atoms with Crippen molar-refractivity contribution in [1.29, 1.82) is 5.26 Å². The van der Waals surface area contributed by atoms with Crippen molar-refractivity contribution >= 4 is 0 Å². The second kappa shape index (κ2) is 11.5. The highest BCUT2D eigenvalue weighted by Crippen LogP contribution is 2.58. The number of aryl methyl sites for hydroxylation is 1. The number of nitriles is 1. The first-order valence-electron chi connectivity index (χ1n) is 11.4. The predicted octanol–water partition coefficient (Wildman–Crippen LogP) is 7.08. The van der Waals surface area contributed by atoms with Gasteiger partial charge in [0.1, 0.15) is 0 Å². The van der Waals surface area contributed by atoms with Crippen molar-refractivity contribution in [3.8, 4) is 6.07 Å². The van der Waals surface area contributed by atoms with Gasteiger partial charge in [0.25, 0.3) is 0 Å². The number of benzene rings is 2. The summed E-state index contributed by atoms with van der Waals surface area (Å²) in [7, 11) is 0. The Morgan fingerprint density at radius 3 is 1.94 bits per heavy atom. The number of rotatable bonds is 9. The van der Waals surface area contributed by atoms with E-state index in [9.17, 15) is 13.2 Å². The van der Waals surface area contributed by atoms with Crippen LogP contribution in [0.3, 0.4) is 0 Å². The monoisotopic (exact) mass is 444 g/mol. The lowest BCUT2D eigenvalue weighted by molar-refractivity contribution is -0.160. The van der Waals surface area contributed by atoms with Crippen LogP contribution in [-0.4, -0.2) is 29.7 Å². The van der Waals surface area contributed by atoms with Crippen molar-refractivity contribution in [3.05, 3.63) is 71.3 Å². The molecule has 1 unspecified atom stereocenters. The first-order valence-corrected chi connectivity index (χ1v) is 11.4. The van der Waals surface area contributed by atoms with Crippen LogP contribution in [0, 0.1) is 11.3 Å². The number of hydrogen-bond donors (Lipinski definition) is 0. The zero-order chi connectivity index (χ0) is 23.8. The maximum Gasteiger partial charge on any atom is 0.398 e. The van der Waals surface area contributed by atoms with Crippen molar-refractivity contribution < 1.29 is 13.2 Å². The maximum atomic E-state index is 13.3. The molecule has 3 rings (SSSR count). The summed E-state index contributed by atoms with van der Waals surface area (Å²) in [4.78, 5) is 2.52. The fourth-order valence-corrected chi connectivity index (χ4v) is 4.28. The van der Waals surface area contributed by atoms with Gasteiger partial charge in [-0.15, -0.1) is 0 Å². The maximum absolute atomic E-state index is 13.3. The van der Waals surface area contributed by atoms with Gasteiger partial charge < -0.3 is 0 Å². The molecule has 1 aliphatic rings. The van der Waals surface area contributed by atoms with E-state index in [1.807, 2.05) is 18.2 Å². The van der Waals surface area contributed by atoms with Crippen molar-refractivity contribution in [2.24, 2.45) is 0 Å². The van der Waals surface area contributed by atoms with E-state index in [1.165, 1.54) is 12.5 Å². The zero-order valence-electron chi connectivity index (χ0n) is 19.6. The molecule has 32 heavy (non-hydrogen) atoms. The van der Waals surface area contributed by atoms with Crippen molar-refractivity contribution in [2.45, 2.75) is 83.5 Å². The quantitative estimate of drug-likeness (QED) is 0.413. The fraction of sp³-hybridized carbons (Fsp3) is 0.519. The average Bonchev–Trinajstić information content (AvgIpc) is 3.56. The molecule has 2 aromatic rings. The van der Waals surface area contributed by atoms with E-state index in [0.717, 1.165) is 31.4 Å². The topological polar surface area (TPSA) is 27.0 Å². The van der Waals surface area contributed by atoms with Gasteiger partial charge in [-0.3, -0.25) is 4.90 Å². The molecule has 1 atom stereocenters. The molecule has 0 radical (unpaired) electrons. The first kappa shape index (κ1) is 25.9. The molecule has 2 nitrogen and oxygen atoms in total. The lowest BCUT2D eigenvalue weighted by Gasteiger charge is -2.33. The molecule has 0 N–H and O–H groups in total. The van der Waals surface area contributed by atoms with Crippen molar-refractivity contribution in [3.63, 3.8) is 0 Å². The van der Waals surface area contributed by atoms with Crippen LogP contribution in [0.25, 0.3) is 0 Å². The molecule has 1 aliphatic carbocycles. The van der Waals surface area contributed by atoms with Crippen LogP contribution in [0.5, 0.6) is 0 Å². The third-order valence-electron chi connectivity index (χ3n) is 6.38. The summed E-state index contributed by atoms with van der Waals surface area (Å²) in [5.41, 5.74) is 1.31. The Morgan fingerprint density at radius 1 is 0.938 bits per heavy atom. The van der Waals surface area contributed by atoms with Crippen LogP contribution in [0.4, 0.5) is 13.2 Å². The number of halogens is 3. The summed E-state index contributed by atoms with van der Waals surface area (Å²) in [5.74, 6) is 0. The summed E-state index contributed by atoms with van der Waals surface area (Å²) in [5, 5.41) is 7.32. The Labute approximate surface area is 191 Å². The molecule has 1 fully saturated rings. The number of alkyl halides is 3. The minimum Gasteiger partial charge on any atom is -0.298 e. The molecule has 0 spiro atoms. The second-order valence-corrected chi connectivity index (χ2v) is 8.96. The molecule has 174 valence electrons. The highest BCUT2D eigenvalue weighted by molar-refractivity contribution is 5.35. The lowest BCUT2D eigenvalue weighted by atomic mass is 9.93. The molecule has 0 saturated heterocycles. The third kappa shape index (κ3) is 6.84.